The quantitative estimate of drug-likeness (QED) is 0.595. The largest absolute Gasteiger partial charge is 0.490 e. The molecule has 2 fully saturated rings. The van der Waals surface area contributed by atoms with E-state index in [0.29, 0.717) is 13.0 Å². The van der Waals surface area contributed by atoms with Crippen LogP contribution in [0.25, 0.3) is 11.1 Å². The van der Waals surface area contributed by atoms with Gasteiger partial charge in [-0.15, -0.1) is 0 Å². The normalized spacial score (nSPS) is 20.5. The summed E-state index contributed by atoms with van der Waals surface area (Å²) >= 11 is 0. The van der Waals surface area contributed by atoms with Crippen LogP contribution < -0.4 is 10.1 Å². The molecular weight excluding hydrogens is 422 g/mol. The number of aryl methyl sites for hydroxylation is 1. The summed E-state index contributed by atoms with van der Waals surface area (Å²) in [5.74, 6) is 0.575. The fourth-order valence-electron chi connectivity index (χ4n) is 4.71. The van der Waals surface area contributed by atoms with Gasteiger partial charge >= 0.3 is 12.1 Å². The van der Waals surface area contributed by atoms with Crippen LogP contribution >= 0.6 is 0 Å². The Labute approximate surface area is 194 Å². The number of rotatable bonds is 8. The number of aromatic nitrogens is 2. The lowest BCUT2D eigenvalue weighted by Crippen LogP contribution is -2.33. The van der Waals surface area contributed by atoms with E-state index in [1.54, 1.807) is 10.9 Å². The number of carbonyl (C=O) groups is 2. The maximum absolute atomic E-state index is 12.2. The van der Waals surface area contributed by atoms with Crippen LogP contribution in [0.2, 0.25) is 0 Å². The number of amides is 1. The molecule has 0 saturated heterocycles. The van der Waals surface area contributed by atoms with Crippen molar-refractivity contribution >= 4 is 12.1 Å². The molecule has 1 heterocycles. The fraction of sp³-hybridized carbons (Fsp3) is 0.560. The molecule has 2 aliphatic carbocycles. The Hall–Kier alpha value is -3.03. The average molecular weight is 456 g/mol. The van der Waals surface area contributed by atoms with E-state index in [4.69, 9.17) is 14.2 Å². The van der Waals surface area contributed by atoms with Gasteiger partial charge in [-0.2, -0.15) is 5.10 Å². The van der Waals surface area contributed by atoms with Gasteiger partial charge in [0, 0.05) is 18.7 Å². The smallest absolute Gasteiger partial charge is 0.407 e. The molecule has 0 spiro atoms. The molecular formula is C25H33N3O5. The fourth-order valence-corrected chi connectivity index (χ4v) is 4.71. The van der Waals surface area contributed by atoms with Gasteiger partial charge in [0.15, 0.2) is 0 Å². The summed E-state index contributed by atoms with van der Waals surface area (Å²) in [4.78, 5) is 24.1. The van der Waals surface area contributed by atoms with Crippen molar-refractivity contribution in [2.24, 2.45) is 13.0 Å². The van der Waals surface area contributed by atoms with Gasteiger partial charge in [0.25, 0.3) is 0 Å². The number of hydrogen-bond donors (Lipinski definition) is 1. The van der Waals surface area contributed by atoms with Crippen molar-refractivity contribution < 1.29 is 23.8 Å². The highest BCUT2D eigenvalue weighted by Crippen LogP contribution is 2.32. The third-order valence-corrected chi connectivity index (χ3v) is 6.55. The third-order valence-electron chi connectivity index (χ3n) is 6.55. The van der Waals surface area contributed by atoms with E-state index in [0.717, 1.165) is 61.1 Å². The molecule has 1 N–H and O–H groups in total. The van der Waals surface area contributed by atoms with Crippen LogP contribution in [0, 0.1) is 5.92 Å². The number of carbonyl (C=O) groups excluding carboxylic acids is 2. The van der Waals surface area contributed by atoms with Gasteiger partial charge < -0.3 is 19.5 Å². The molecule has 0 unspecified atom stereocenters. The Morgan fingerprint density at radius 2 is 1.85 bits per heavy atom. The monoisotopic (exact) mass is 455 g/mol. The van der Waals surface area contributed by atoms with E-state index in [1.165, 1.54) is 0 Å². The first-order chi connectivity index (χ1) is 16.0. The molecule has 33 heavy (non-hydrogen) atoms. The maximum atomic E-state index is 12.2. The molecule has 1 amide bonds. The van der Waals surface area contributed by atoms with Crippen molar-refractivity contribution in [1.29, 1.82) is 0 Å². The molecule has 2 aliphatic rings. The van der Waals surface area contributed by atoms with Crippen molar-refractivity contribution in [1.82, 2.24) is 15.1 Å². The Balaban J connectivity index is 1.33. The lowest BCUT2D eigenvalue weighted by Gasteiger charge is -2.15. The number of esters is 1. The lowest BCUT2D eigenvalue weighted by molar-refractivity contribution is -0.147. The van der Waals surface area contributed by atoms with E-state index in [9.17, 15) is 9.59 Å². The lowest BCUT2D eigenvalue weighted by atomic mass is 10.1. The highest BCUT2D eigenvalue weighted by atomic mass is 16.5. The molecule has 4 rings (SSSR count). The van der Waals surface area contributed by atoms with Crippen LogP contribution in [0.4, 0.5) is 4.79 Å². The average Bonchev–Trinajstić information content (AvgIpc) is 3.55. The molecule has 178 valence electrons. The van der Waals surface area contributed by atoms with Crippen LogP contribution in [0.5, 0.6) is 5.75 Å². The van der Waals surface area contributed by atoms with Gasteiger partial charge in [0.1, 0.15) is 12.4 Å². The molecule has 0 aliphatic heterocycles. The molecule has 2 aromatic rings. The van der Waals surface area contributed by atoms with E-state index < -0.39 is 0 Å². The maximum Gasteiger partial charge on any atom is 0.407 e. The minimum Gasteiger partial charge on any atom is -0.490 e. The summed E-state index contributed by atoms with van der Waals surface area (Å²) < 4.78 is 18.4. The minimum absolute atomic E-state index is 0.0194. The molecule has 1 aromatic heterocycles. The molecule has 8 heteroatoms. The van der Waals surface area contributed by atoms with Crippen LogP contribution in [-0.2, 0) is 27.9 Å². The Kier molecular flexibility index (Phi) is 7.52. The van der Waals surface area contributed by atoms with E-state index >= 15 is 0 Å². The van der Waals surface area contributed by atoms with E-state index in [1.807, 2.05) is 38.2 Å². The summed E-state index contributed by atoms with van der Waals surface area (Å²) in [6.07, 6.45) is 8.11. The van der Waals surface area contributed by atoms with Gasteiger partial charge in [0.05, 0.1) is 30.5 Å². The van der Waals surface area contributed by atoms with Crippen LogP contribution in [0.1, 0.15) is 57.6 Å². The van der Waals surface area contributed by atoms with Crippen molar-refractivity contribution in [2.45, 2.75) is 70.6 Å². The SMILES string of the molecule is CCOC(=O)[C@H]1CC[C@H](Oc2ccc(-c3cnn(C)c3COC(=O)NC3CCCC3)cc2)C1. The zero-order chi connectivity index (χ0) is 23.2. The summed E-state index contributed by atoms with van der Waals surface area (Å²) in [5, 5.41) is 7.29. The zero-order valence-corrected chi connectivity index (χ0v) is 19.4. The standard InChI is InChI=1S/C25H33N3O5/c1-3-31-24(29)18-10-13-21(14-18)33-20-11-8-17(9-12-20)22-15-26-28(2)23(22)16-32-25(30)27-19-6-4-5-7-19/h8-9,11-12,15,18-19,21H,3-7,10,13-14,16H2,1-2H3,(H,27,30)/t18-,21-/m0/s1. The van der Waals surface area contributed by atoms with E-state index in [-0.39, 0.29) is 36.7 Å². The second-order valence-corrected chi connectivity index (χ2v) is 8.86. The highest BCUT2D eigenvalue weighted by molar-refractivity contribution is 5.73. The minimum atomic E-state index is -0.379. The predicted molar refractivity (Wildman–Crippen MR) is 123 cm³/mol. The summed E-state index contributed by atoms with van der Waals surface area (Å²) in [6, 6.07) is 8.04. The number of ether oxygens (including phenoxy) is 3. The zero-order valence-electron chi connectivity index (χ0n) is 19.4. The van der Waals surface area contributed by atoms with Crippen LogP contribution in [-0.4, -0.2) is 40.6 Å². The van der Waals surface area contributed by atoms with Gasteiger partial charge in [0.2, 0.25) is 0 Å². The third kappa shape index (κ3) is 5.86. The predicted octanol–water partition coefficient (Wildman–Crippen LogP) is 4.37. The second-order valence-electron chi connectivity index (χ2n) is 8.86. The molecule has 0 bridgehead atoms. The van der Waals surface area contributed by atoms with Crippen molar-refractivity contribution in [3.63, 3.8) is 0 Å². The first-order valence-electron chi connectivity index (χ1n) is 11.9. The Bertz CT molecular complexity index is 949. The molecule has 1 aromatic carbocycles. The van der Waals surface area contributed by atoms with Gasteiger partial charge in [-0.05, 0) is 56.7 Å². The molecule has 8 nitrogen and oxygen atoms in total. The number of alkyl carbamates (subject to hydrolysis) is 1. The molecule has 2 saturated carbocycles. The highest BCUT2D eigenvalue weighted by Gasteiger charge is 2.32. The second kappa shape index (κ2) is 10.7. The summed E-state index contributed by atoms with van der Waals surface area (Å²) in [6.45, 7) is 2.39. The van der Waals surface area contributed by atoms with Gasteiger partial charge in [-0.3, -0.25) is 9.48 Å². The van der Waals surface area contributed by atoms with Crippen molar-refractivity contribution in [3.8, 4) is 16.9 Å². The van der Waals surface area contributed by atoms with Gasteiger partial charge in [-0.1, -0.05) is 25.0 Å². The number of nitrogens with zero attached hydrogens (tertiary/aromatic N) is 2. The Morgan fingerprint density at radius 1 is 1.09 bits per heavy atom. The molecule has 2 atom stereocenters. The summed E-state index contributed by atoms with van der Waals surface area (Å²) in [5.41, 5.74) is 2.72. The first kappa shape index (κ1) is 23.1. The first-order valence-corrected chi connectivity index (χ1v) is 11.9. The van der Waals surface area contributed by atoms with Crippen molar-refractivity contribution in [2.75, 3.05) is 6.61 Å². The molecule has 0 radical (unpaired) electrons. The van der Waals surface area contributed by atoms with Crippen LogP contribution in [0.15, 0.2) is 30.5 Å². The number of nitrogens with one attached hydrogen (secondary N) is 1. The Morgan fingerprint density at radius 3 is 2.58 bits per heavy atom. The van der Waals surface area contributed by atoms with Gasteiger partial charge in [-0.25, -0.2) is 4.79 Å². The van der Waals surface area contributed by atoms with Crippen molar-refractivity contribution in [3.05, 3.63) is 36.2 Å². The number of benzene rings is 1. The summed E-state index contributed by atoms with van der Waals surface area (Å²) in [7, 11) is 1.84. The number of hydrogen-bond acceptors (Lipinski definition) is 6. The van der Waals surface area contributed by atoms with Crippen LogP contribution in [0.3, 0.4) is 0 Å². The topological polar surface area (TPSA) is 91.7 Å². The van der Waals surface area contributed by atoms with E-state index in [2.05, 4.69) is 10.4 Å².